The van der Waals surface area contributed by atoms with E-state index >= 15 is 0 Å². The lowest BCUT2D eigenvalue weighted by Gasteiger charge is -2.11. The molecule has 0 saturated heterocycles. The van der Waals surface area contributed by atoms with E-state index in [4.69, 9.17) is 0 Å². The number of phenols is 1. The zero-order chi connectivity index (χ0) is 14.6. The van der Waals surface area contributed by atoms with E-state index in [1.54, 1.807) is 0 Å². The van der Waals surface area contributed by atoms with Gasteiger partial charge in [-0.2, -0.15) is 0 Å². The lowest BCUT2D eigenvalue weighted by molar-refractivity contribution is 0.0533. The van der Waals surface area contributed by atoms with Crippen LogP contribution in [0, 0.1) is 0 Å². The van der Waals surface area contributed by atoms with Crippen LogP contribution in [-0.4, -0.2) is 44.3 Å². The van der Waals surface area contributed by atoms with Gasteiger partial charge in [-0.15, -0.1) is 0 Å². The van der Waals surface area contributed by atoms with E-state index in [0.29, 0.717) is 0 Å². The molecule has 0 aliphatic heterocycles. The molecule has 0 bridgehead atoms. The average Bonchev–Trinajstić information content (AvgIpc) is 2.44. The van der Waals surface area contributed by atoms with Crippen molar-refractivity contribution in [2.75, 3.05) is 21.3 Å². The minimum absolute atomic E-state index is 0.201. The first-order valence-electron chi connectivity index (χ1n) is 5.08. The second-order valence-electron chi connectivity index (χ2n) is 3.36. The van der Waals surface area contributed by atoms with Gasteiger partial charge in [0.2, 0.25) is 0 Å². The van der Waals surface area contributed by atoms with Crippen molar-refractivity contribution in [2.45, 2.75) is 0 Å². The van der Waals surface area contributed by atoms with Gasteiger partial charge in [0.05, 0.1) is 32.5 Å². The summed E-state index contributed by atoms with van der Waals surface area (Å²) in [6.45, 7) is 0. The smallest absolute Gasteiger partial charge is 0.342 e. The standard InChI is InChI=1S/C12H12O7/c1-17-10(14)6-4-5-7(13)9(12(16)19-3)8(6)11(15)18-2/h4-5,13H,1-3H3. The maximum Gasteiger partial charge on any atom is 0.342 e. The Morgan fingerprint density at radius 3 is 1.79 bits per heavy atom. The maximum absolute atomic E-state index is 11.7. The predicted octanol–water partition coefficient (Wildman–Crippen LogP) is 0.752. The molecule has 7 nitrogen and oxygen atoms in total. The molecule has 0 aliphatic rings. The molecule has 7 heteroatoms. The first kappa shape index (κ1) is 14.5. The third-order valence-electron chi connectivity index (χ3n) is 2.37. The average molecular weight is 268 g/mol. The Balaban J connectivity index is 3.64. The molecule has 1 aromatic carbocycles. The van der Waals surface area contributed by atoms with Gasteiger partial charge in [-0.3, -0.25) is 0 Å². The molecule has 0 aliphatic carbocycles. The SMILES string of the molecule is COC(=O)c1ccc(O)c(C(=O)OC)c1C(=O)OC. The summed E-state index contributed by atoms with van der Waals surface area (Å²) in [6, 6.07) is 2.24. The number of aromatic hydroxyl groups is 1. The molecule has 0 heterocycles. The highest BCUT2D eigenvalue weighted by molar-refractivity contribution is 6.11. The Hall–Kier alpha value is -2.57. The molecule has 0 saturated carbocycles. The number of esters is 3. The Morgan fingerprint density at radius 2 is 1.32 bits per heavy atom. The van der Waals surface area contributed by atoms with Crippen LogP contribution in [0.5, 0.6) is 5.75 Å². The van der Waals surface area contributed by atoms with Crippen LogP contribution in [-0.2, 0) is 14.2 Å². The molecular formula is C12H12O7. The zero-order valence-electron chi connectivity index (χ0n) is 10.6. The van der Waals surface area contributed by atoms with Crippen LogP contribution < -0.4 is 0 Å². The Morgan fingerprint density at radius 1 is 0.842 bits per heavy atom. The van der Waals surface area contributed by atoms with E-state index in [0.717, 1.165) is 33.5 Å². The molecule has 0 radical (unpaired) electrons. The molecule has 1 aromatic rings. The van der Waals surface area contributed by atoms with Crippen molar-refractivity contribution < 1.29 is 33.7 Å². The number of carbonyl (C=O) groups excluding carboxylic acids is 3. The number of benzene rings is 1. The summed E-state index contributed by atoms with van der Waals surface area (Å²) < 4.78 is 13.5. The molecule has 0 aromatic heterocycles. The fraction of sp³-hybridized carbons (Fsp3) is 0.250. The second-order valence-corrected chi connectivity index (χ2v) is 3.36. The Bertz CT molecular complexity index is 533. The summed E-state index contributed by atoms with van der Waals surface area (Å²) in [5.74, 6) is -3.27. The quantitative estimate of drug-likeness (QED) is 0.637. The maximum atomic E-state index is 11.7. The zero-order valence-corrected chi connectivity index (χ0v) is 10.6. The number of rotatable bonds is 3. The molecule has 19 heavy (non-hydrogen) atoms. The topological polar surface area (TPSA) is 99.1 Å². The van der Waals surface area contributed by atoms with Crippen LogP contribution >= 0.6 is 0 Å². The van der Waals surface area contributed by atoms with Crippen LogP contribution in [0.15, 0.2) is 12.1 Å². The van der Waals surface area contributed by atoms with Gasteiger partial charge in [-0.1, -0.05) is 0 Å². The van der Waals surface area contributed by atoms with Gasteiger partial charge in [-0.25, -0.2) is 14.4 Å². The fourth-order valence-corrected chi connectivity index (χ4v) is 1.49. The van der Waals surface area contributed by atoms with Gasteiger partial charge in [0.25, 0.3) is 0 Å². The predicted molar refractivity (Wildman–Crippen MR) is 62.1 cm³/mol. The normalized spacial score (nSPS) is 9.63. The Labute approximate surface area is 108 Å². The Kier molecular flexibility index (Phi) is 4.46. The van der Waals surface area contributed by atoms with Crippen LogP contribution in [0.25, 0.3) is 0 Å². The lowest BCUT2D eigenvalue weighted by atomic mass is 9.99. The molecule has 0 fully saturated rings. The van der Waals surface area contributed by atoms with Crippen LogP contribution in [0.2, 0.25) is 0 Å². The molecule has 0 atom stereocenters. The third kappa shape index (κ3) is 2.65. The van der Waals surface area contributed by atoms with E-state index in [2.05, 4.69) is 14.2 Å². The fourth-order valence-electron chi connectivity index (χ4n) is 1.49. The van der Waals surface area contributed by atoms with E-state index in [-0.39, 0.29) is 5.56 Å². The molecule has 0 unspecified atom stereocenters. The van der Waals surface area contributed by atoms with Gasteiger partial charge >= 0.3 is 17.9 Å². The number of ether oxygens (including phenoxy) is 3. The molecule has 102 valence electrons. The first-order valence-corrected chi connectivity index (χ1v) is 5.08. The van der Waals surface area contributed by atoms with E-state index in [9.17, 15) is 19.5 Å². The van der Waals surface area contributed by atoms with Crippen molar-refractivity contribution in [3.63, 3.8) is 0 Å². The first-order chi connectivity index (χ1) is 8.97. The van der Waals surface area contributed by atoms with Crippen molar-refractivity contribution >= 4 is 17.9 Å². The minimum Gasteiger partial charge on any atom is -0.507 e. The van der Waals surface area contributed by atoms with Crippen molar-refractivity contribution in [1.29, 1.82) is 0 Å². The van der Waals surface area contributed by atoms with E-state index in [1.165, 1.54) is 0 Å². The number of carbonyl (C=O) groups is 3. The van der Waals surface area contributed by atoms with Crippen LogP contribution in [0.4, 0.5) is 0 Å². The third-order valence-corrected chi connectivity index (χ3v) is 2.37. The highest BCUT2D eigenvalue weighted by Crippen LogP contribution is 2.26. The van der Waals surface area contributed by atoms with Gasteiger partial charge in [0.1, 0.15) is 11.3 Å². The highest BCUT2D eigenvalue weighted by atomic mass is 16.5. The van der Waals surface area contributed by atoms with Gasteiger partial charge in [0, 0.05) is 0 Å². The molecule has 1 N–H and O–H groups in total. The lowest BCUT2D eigenvalue weighted by Crippen LogP contribution is -2.18. The molecular weight excluding hydrogens is 256 g/mol. The number of phenolic OH excluding ortho intramolecular Hbond substituents is 1. The number of hydrogen-bond acceptors (Lipinski definition) is 7. The summed E-state index contributed by atoms with van der Waals surface area (Å²) in [7, 11) is 3.27. The summed E-state index contributed by atoms with van der Waals surface area (Å²) in [5, 5.41) is 9.66. The summed E-state index contributed by atoms with van der Waals surface area (Å²) >= 11 is 0. The van der Waals surface area contributed by atoms with Crippen molar-refractivity contribution in [1.82, 2.24) is 0 Å². The number of hydrogen-bond donors (Lipinski definition) is 1. The van der Waals surface area contributed by atoms with Crippen molar-refractivity contribution in [2.24, 2.45) is 0 Å². The van der Waals surface area contributed by atoms with Crippen LogP contribution in [0.1, 0.15) is 31.1 Å². The van der Waals surface area contributed by atoms with Gasteiger partial charge < -0.3 is 19.3 Å². The van der Waals surface area contributed by atoms with Gasteiger partial charge in [0.15, 0.2) is 0 Å². The monoisotopic (exact) mass is 268 g/mol. The minimum atomic E-state index is -0.969. The highest BCUT2D eigenvalue weighted by Gasteiger charge is 2.29. The molecule has 1 rings (SSSR count). The van der Waals surface area contributed by atoms with Crippen molar-refractivity contribution in [3.05, 3.63) is 28.8 Å². The summed E-state index contributed by atoms with van der Waals surface area (Å²) in [4.78, 5) is 34.9. The molecule has 0 amide bonds. The second kappa shape index (κ2) is 5.85. The van der Waals surface area contributed by atoms with E-state index in [1.807, 2.05) is 0 Å². The largest absolute Gasteiger partial charge is 0.507 e. The van der Waals surface area contributed by atoms with Crippen LogP contribution in [0.3, 0.4) is 0 Å². The number of methoxy groups -OCH3 is 3. The van der Waals surface area contributed by atoms with E-state index < -0.39 is 34.8 Å². The van der Waals surface area contributed by atoms with Crippen molar-refractivity contribution in [3.8, 4) is 5.75 Å². The van der Waals surface area contributed by atoms with Gasteiger partial charge in [-0.05, 0) is 12.1 Å². The summed E-state index contributed by atoms with van der Waals surface area (Å²) in [5.41, 5.74) is -1.05. The molecule has 0 spiro atoms. The summed E-state index contributed by atoms with van der Waals surface area (Å²) in [6.07, 6.45) is 0.